The van der Waals surface area contributed by atoms with Gasteiger partial charge in [-0.15, -0.1) is 0 Å². The summed E-state index contributed by atoms with van der Waals surface area (Å²) >= 11 is 35.2. The van der Waals surface area contributed by atoms with Gasteiger partial charge in [-0.05, 0) is 100 Å². The highest BCUT2D eigenvalue weighted by Gasteiger charge is 2.18. The van der Waals surface area contributed by atoms with Gasteiger partial charge < -0.3 is 77.3 Å². The Morgan fingerprint density at radius 3 is 0.690 bits per heavy atom. The van der Waals surface area contributed by atoms with E-state index in [1.165, 1.54) is 0 Å². The molecule has 0 aromatic rings. The first-order valence-corrected chi connectivity index (χ1v) is 40.9. The molecular formula is C67H129N13O12S8. The Hall–Kier alpha value is -2.70. The summed E-state index contributed by atoms with van der Waals surface area (Å²) in [6, 6.07) is 0. The molecule has 0 spiro atoms. The van der Waals surface area contributed by atoms with Gasteiger partial charge in [-0.25, -0.2) is 0 Å². The third-order valence-corrected chi connectivity index (χ3v) is 19.2. The van der Waals surface area contributed by atoms with Crippen molar-refractivity contribution in [2.24, 2.45) is 0 Å². The molecule has 0 saturated carbocycles. The maximum atomic E-state index is 13.4. The number of methoxy groups -OCH3 is 1. The molecule has 0 aromatic carbocycles. The van der Waals surface area contributed by atoms with Gasteiger partial charge in [-0.1, -0.05) is 25.7 Å². The number of ether oxygens (including phenoxy) is 2. The first kappa shape index (κ1) is 97.3. The predicted octanol–water partition coefficient (Wildman–Crippen LogP) is 3.77. The first-order chi connectivity index (χ1) is 48.2. The molecule has 33 heteroatoms. The molecule has 0 radical (unpaired) electrons. The van der Waals surface area contributed by atoms with E-state index < -0.39 is 0 Å². The van der Waals surface area contributed by atoms with E-state index in [0.717, 1.165) is 126 Å². The van der Waals surface area contributed by atoms with Crippen molar-refractivity contribution in [3.8, 4) is 0 Å². The molecule has 0 rings (SSSR count). The van der Waals surface area contributed by atoms with E-state index in [2.05, 4.69) is 154 Å². The van der Waals surface area contributed by atoms with Crippen LogP contribution in [0.1, 0.15) is 167 Å². The molecule has 4 atom stereocenters. The van der Waals surface area contributed by atoms with Crippen molar-refractivity contribution in [2.75, 3.05) is 174 Å². The van der Waals surface area contributed by atoms with Crippen LogP contribution >= 0.6 is 101 Å². The molecule has 0 aromatic heterocycles. The quantitative estimate of drug-likeness (QED) is 0.0305. The summed E-state index contributed by atoms with van der Waals surface area (Å²) in [5.74, 6) is 1.40. The fourth-order valence-corrected chi connectivity index (χ4v) is 13.4. The zero-order chi connectivity index (χ0) is 74.1. The second-order valence-corrected chi connectivity index (χ2v) is 29.5. The standard InChI is InChI=1S/C67H129N13O12S8/c1-91-48-49-92-47-46-80(42-22-66(89)76-36-44-78(38-18-62(85)72-32-28-68-58(81)14-6-2-10-54(97)24-50-93)39-19-63(86)73-33-29-69-59(82)15-7-3-11-55(98)25-51-94)43-23-67(90)77-37-45-79(40-20-64(87)74-34-30-70-60(83)16-8-4-12-56(99)26-52-95)41-21-65(88)75-35-31-71-61(84)17-9-5-13-57(100)27-53-96/h54-57,93-100H,2-53H2,1H3,(H,68,81)(H,69,82)(H,70,83)(H,71,84)(H,72,85)(H,73,86)(H,74,87)(H,75,88)(H,76,89)(H,77,90). The predicted molar refractivity (Wildman–Crippen MR) is 429 cm³/mol. The Balaban J connectivity index is 5.60. The second-order valence-electron chi connectivity index (χ2n) is 24.8. The Labute approximate surface area is 643 Å². The molecule has 582 valence electrons. The molecule has 0 saturated heterocycles. The summed E-state index contributed by atoms with van der Waals surface area (Å²) in [6.07, 6.45) is 16.2. The van der Waals surface area contributed by atoms with E-state index in [1.54, 1.807) is 7.11 Å². The fourth-order valence-electron chi connectivity index (χ4n) is 10.0. The number of carbonyl (C=O) groups excluding carboxylic acids is 10. The van der Waals surface area contributed by atoms with E-state index in [4.69, 9.17) is 9.47 Å². The topological polar surface area (TPSA) is 319 Å². The number of carbonyl (C=O) groups is 10. The molecule has 10 amide bonds. The van der Waals surface area contributed by atoms with Crippen molar-refractivity contribution in [1.29, 1.82) is 0 Å². The molecule has 10 N–H and O–H groups in total. The van der Waals surface area contributed by atoms with Crippen LogP contribution in [0.15, 0.2) is 0 Å². The van der Waals surface area contributed by atoms with Crippen LogP contribution in [0, 0.1) is 0 Å². The Morgan fingerprint density at radius 1 is 0.260 bits per heavy atom. The smallest absolute Gasteiger partial charge is 0.221 e. The fraction of sp³-hybridized carbons (Fsp3) is 0.851. The first-order valence-electron chi connectivity index (χ1n) is 36.3. The minimum atomic E-state index is -0.233. The van der Waals surface area contributed by atoms with E-state index in [0.29, 0.717) is 104 Å². The van der Waals surface area contributed by atoms with Crippen molar-refractivity contribution < 1.29 is 57.4 Å². The maximum absolute atomic E-state index is 13.4. The monoisotopic (exact) mass is 1560 g/mol. The largest absolute Gasteiger partial charge is 0.382 e. The van der Waals surface area contributed by atoms with E-state index in [9.17, 15) is 47.9 Å². The van der Waals surface area contributed by atoms with Gasteiger partial charge in [0.15, 0.2) is 0 Å². The van der Waals surface area contributed by atoms with Gasteiger partial charge in [0.05, 0.1) is 19.8 Å². The number of thiol groups is 8. The van der Waals surface area contributed by atoms with Crippen molar-refractivity contribution >= 4 is 160 Å². The molecule has 0 aliphatic heterocycles. The van der Waals surface area contributed by atoms with Crippen molar-refractivity contribution in [1.82, 2.24) is 67.9 Å². The molecule has 25 nitrogen and oxygen atoms in total. The van der Waals surface area contributed by atoms with Crippen LogP contribution in [0.25, 0.3) is 0 Å². The molecule has 0 aliphatic rings. The van der Waals surface area contributed by atoms with Crippen LogP contribution < -0.4 is 53.2 Å². The van der Waals surface area contributed by atoms with Gasteiger partial charge >= 0.3 is 0 Å². The third-order valence-electron chi connectivity index (χ3n) is 16.1. The lowest BCUT2D eigenvalue weighted by molar-refractivity contribution is -0.124. The Bertz CT molecular complexity index is 1940. The SMILES string of the molecule is COCCOCCN(CCC(=O)NCCN(CCC(=O)NCCNC(=O)CCCCC(S)CCS)CCC(=O)NCCNC(=O)CCCCC(S)CCS)CCC(=O)NCCN(CCC(=O)NCCNC(=O)CCCCC(S)CCS)CCC(=O)NCCNC(=O)CCCCC(S)CCS. The lowest BCUT2D eigenvalue weighted by Gasteiger charge is -2.24. The lowest BCUT2D eigenvalue weighted by atomic mass is 10.1. The van der Waals surface area contributed by atoms with Crippen LogP contribution in [0.5, 0.6) is 0 Å². The highest BCUT2D eigenvalue weighted by Crippen LogP contribution is 2.16. The number of hydrogen-bond acceptors (Lipinski definition) is 23. The molecule has 100 heavy (non-hydrogen) atoms. The maximum Gasteiger partial charge on any atom is 0.221 e. The zero-order valence-corrected chi connectivity index (χ0v) is 67.1. The van der Waals surface area contributed by atoms with E-state index >= 15 is 0 Å². The second kappa shape index (κ2) is 69.4. The van der Waals surface area contributed by atoms with Crippen LogP contribution in [-0.2, 0) is 57.4 Å². The van der Waals surface area contributed by atoms with Crippen molar-refractivity contribution in [3.63, 3.8) is 0 Å². The van der Waals surface area contributed by atoms with Gasteiger partial charge in [0.2, 0.25) is 59.1 Å². The van der Waals surface area contributed by atoms with Crippen LogP contribution in [0.3, 0.4) is 0 Å². The number of rotatable bonds is 70. The molecule has 0 fully saturated rings. The molecular weight excluding hydrogens is 1440 g/mol. The van der Waals surface area contributed by atoms with Crippen LogP contribution in [-0.4, -0.2) is 269 Å². The van der Waals surface area contributed by atoms with E-state index in [1.807, 2.05) is 14.7 Å². The number of amides is 10. The molecule has 0 bridgehead atoms. The summed E-state index contributed by atoms with van der Waals surface area (Å²) < 4.78 is 10.9. The van der Waals surface area contributed by atoms with Crippen molar-refractivity contribution in [2.45, 2.75) is 188 Å². The summed E-state index contributed by atoms with van der Waals surface area (Å²) in [7, 11) is 1.58. The van der Waals surface area contributed by atoms with Crippen molar-refractivity contribution in [3.05, 3.63) is 0 Å². The van der Waals surface area contributed by atoms with Gasteiger partial charge in [0.25, 0.3) is 0 Å². The minimum Gasteiger partial charge on any atom is -0.382 e. The van der Waals surface area contributed by atoms with Gasteiger partial charge in [-0.3, -0.25) is 47.9 Å². The third kappa shape index (κ3) is 64.9. The normalized spacial score (nSPS) is 12.5. The highest BCUT2D eigenvalue weighted by atomic mass is 32.1. The number of unbranched alkanes of at least 4 members (excludes halogenated alkanes) is 4. The summed E-state index contributed by atoms with van der Waals surface area (Å²) in [6.45, 7) is 6.64. The summed E-state index contributed by atoms with van der Waals surface area (Å²) in [5.41, 5.74) is 0. The van der Waals surface area contributed by atoms with E-state index in [-0.39, 0.29) is 184 Å². The van der Waals surface area contributed by atoms with Crippen LogP contribution in [0.2, 0.25) is 0 Å². The number of nitrogens with one attached hydrogen (secondary N) is 10. The average Bonchev–Trinajstić information content (AvgIpc) is 1.27. The average molecular weight is 1570 g/mol. The molecule has 4 unspecified atom stereocenters. The number of hydrogen-bond donors (Lipinski definition) is 18. The summed E-state index contributed by atoms with van der Waals surface area (Å²) in [5, 5.41) is 29.8. The van der Waals surface area contributed by atoms with Gasteiger partial charge in [-0.2, -0.15) is 101 Å². The zero-order valence-electron chi connectivity index (χ0n) is 59.9. The van der Waals surface area contributed by atoms with Gasteiger partial charge in [0, 0.05) is 217 Å². The van der Waals surface area contributed by atoms with Gasteiger partial charge in [0.1, 0.15) is 0 Å². The molecule has 0 aliphatic carbocycles. The Morgan fingerprint density at radius 2 is 0.470 bits per heavy atom. The molecule has 0 heterocycles. The van der Waals surface area contributed by atoms with Crippen LogP contribution in [0.4, 0.5) is 0 Å². The summed E-state index contributed by atoms with van der Waals surface area (Å²) in [4.78, 5) is 134. The lowest BCUT2D eigenvalue weighted by Crippen LogP contribution is -2.41. The highest BCUT2D eigenvalue weighted by molar-refractivity contribution is 7.82. The Kier molecular flexibility index (Phi) is 67.5. The number of nitrogens with zero attached hydrogens (tertiary/aromatic N) is 3. The minimum absolute atomic E-state index is 0.0796.